The van der Waals surface area contributed by atoms with Crippen molar-refractivity contribution in [1.29, 1.82) is 0 Å². The number of aryl methyl sites for hydroxylation is 2. The third kappa shape index (κ3) is 4.20. The fourth-order valence-corrected chi connectivity index (χ4v) is 2.20. The van der Waals surface area contributed by atoms with Crippen LogP contribution in [-0.2, 0) is 4.74 Å². The van der Waals surface area contributed by atoms with Gasteiger partial charge < -0.3 is 19.9 Å². The summed E-state index contributed by atoms with van der Waals surface area (Å²) in [5.41, 5.74) is 2.49. The molecule has 2 rings (SSSR count). The Bertz CT molecular complexity index is 443. The average Bonchev–Trinajstić information content (AvgIpc) is 2.38. The van der Waals surface area contributed by atoms with E-state index in [1.54, 1.807) is 0 Å². The fourth-order valence-electron chi connectivity index (χ4n) is 2.20. The SMILES string of the molecule is Cc1ccc(C)c(OCC(O)CNCC2(C)COC2)c1. The maximum absolute atomic E-state index is 9.94. The molecule has 1 aliphatic heterocycles. The van der Waals surface area contributed by atoms with Crippen LogP contribution in [0, 0.1) is 19.3 Å². The molecule has 4 nitrogen and oxygen atoms in total. The highest BCUT2D eigenvalue weighted by atomic mass is 16.5. The lowest BCUT2D eigenvalue weighted by molar-refractivity contribution is -0.0997. The molecule has 1 aliphatic rings. The Labute approximate surface area is 121 Å². The van der Waals surface area contributed by atoms with Crippen molar-refractivity contribution in [2.24, 2.45) is 5.41 Å². The van der Waals surface area contributed by atoms with Gasteiger partial charge in [-0.2, -0.15) is 0 Å². The normalized spacial score (nSPS) is 18.4. The summed E-state index contributed by atoms with van der Waals surface area (Å²) in [6.07, 6.45) is -0.500. The van der Waals surface area contributed by atoms with Gasteiger partial charge in [0.15, 0.2) is 0 Å². The van der Waals surface area contributed by atoms with E-state index in [4.69, 9.17) is 9.47 Å². The minimum Gasteiger partial charge on any atom is -0.491 e. The molecule has 4 heteroatoms. The van der Waals surface area contributed by atoms with E-state index in [-0.39, 0.29) is 5.41 Å². The monoisotopic (exact) mass is 279 g/mol. The summed E-state index contributed by atoms with van der Waals surface area (Å²) in [6.45, 7) is 9.55. The zero-order valence-corrected chi connectivity index (χ0v) is 12.6. The largest absolute Gasteiger partial charge is 0.491 e. The van der Waals surface area contributed by atoms with Crippen LogP contribution in [0.15, 0.2) is 18.2 Å². The van der Waals surface area contributed by atoms with Gasteiger partial charge in [0, 0.05) is 18.5 Å². The Morgan fingerprint density at radius 2 is 2.15 bits per heavy atom. The smallest absolute Gasteiger partial charge is 0.122 e. The first kappa shape index (κ1) is 15.3. The van der Waals surface area contributed by atoms with Gasteiger partial charge in [0.2, 0.25) is 0 Å². The number of ether oxygens (including phenoxy) is 2. The van der Waals surface area contributed by atoms with Crippen molar-refractivity contribution in [3.05, 3.63) is 29.3 Å². The maximum Gasteiger partial charge on any atom is 0.122 e. The van der Waals surface area contributed by atoms with Gasteiger partial charge in [0.25, 0.3) is 0 Å². The van der Waals surface area contributed by atoms with Crippen molar-refractivity contribution in [1.82, 2.24) is 5.32 Å². The Hall–Kier alpha value is -1.10. The highest BCUT2D eigenvalue weighted by Crippen LogP contribution is 2.25. The van der Waals surface area contributed by atoms with E-state index in [1.165, 1.54) is 0 Å². The minimum atomic E-state index is -0.500. The van der Waals surface area contributed by atoms with Crippen LogP contribution in [0.5, 0.6) is 5.75 Å². The van der Waals surface area contributed by atoms with E-state index in [1.807, 2.05) is 26.0 Å². The zero-order valence-electron chi connectivity index (χ0n) is 12.6. The van der Waals surface area contributed by atoms with Gasteiger partial charge in [-0.1, -0.05) is 19.1 Å². The molecule has 1 saturated heterocycles. The third-order valence-electron chi connectivity index (χ3n) is 3.61. The lowest BCUT2D eigenvalue weighted by atomic mass is 9.89. The summed E-state index contributed by atoms with van der Waals surface area (Å²) in [7, 11) is 0. The van der Waals surface area contributed by atoms with Gasteiger partial charge in [-0.15, -0.1) is 0 Å². The second kappa shape index (κ2) is 6.57. The molecule has 1 aromatic carbocycles. The second-order valence-electron chi connectivity index (χ2n) is 6.17. The second-order valence-corrected chi connectivity index (χ2v) is 6.17. The lowest BCUT2D eigenvalue weighted by Gasteiger charge is -2.38. The van der Waals surface area contributed by atoms with Crippen LogP contribution >= 0.6 is 0 Å². The van der Waals surface area contributed by atoms with Gasteiger partial charge in [0.1, 0.15) is 18.5 Å². The average molecular weight is 279 g/mol. The number of hydrogen-bond acceptors (Lipinski definition) is 4. The number of aliphatic hydroxyl groups is 1. The molecule has 1 heterocycles. The van der Waals surface area contributed by atoms with Gasteiger partial charge >= 0.3 is 0 Å². The fraction of sp³-hybridized carbons (Fsp3) is 0.625. The van der Waals surface area contributed by atoms with Gasteiger partial charge in [-0.25, -0.2) is 0 Å². The number of benzene rings is 1. The molecule has 0 aromatic heterocycles. The number of aliphatic hydroxyl groups excluding tert-OH is 1. The van der Waals surface area contributed by atoms with Crippen LogP contribution in [-0.4, -0.2) is 44.1 Å². The summed E-state index contributed by atoms with van der Waals surface area (Å²) in [4.78, 5) is 0. The number of nitrogens with one attached hydrogen (secondary N) is 1. The first-order valence-corrected chi connectivity index (χ1v) is 7.15. The van der Waals surface area contributed by atoms with Crippen LogP contribution in [0.4, 0.5) is 0 Å². The molecule has 1 fully saturated rings. The Morgan fingerprint density at radius 3 is 2.80 bits per heavy atom. The zero-order chi connectivity index (χ0) is 14.6. The summed E-state index contributed by atoms with van der Waals surface area (Å²) in [5.74, 6) is 0.850. The molecular weight excluding hydrogens is 254 g/mol. The van der Waals surface area contributed by atoms with Crippen molar-refractivity contribution < 1.29 is 14.6 Å². The van der Waals surface area contributed by atoms with E-state index in [0.29, 0.717) is 13.2 Å². The third-order valence-corrected chi connectivity index (χ3v) is 3.61. The molecule has 0 amide bonds. The molecular formula is C16H25NO3. The van der Waals surface area contributed by atoms with E-state index >= 15 is 0 Å². The molecule has 2 N–H and O–H groups in total. The Kier molecular flexibility index (Phi) is 5.02. The summed E-state index contributed by atoms with van der Waals surface area (Å²) >= 11 is 0. The number of hydrogen-bond donors (Lipinski definition) is 2. The predicted molar refractivity (Wildman–Crippen MR) is 79.2 cm³/mol. The van der Waals surface area contributed by atoms with Crippen LogP contribution in [0.25, 0.3) is 0 Å². The van der Waals surface area contributed by atoms with Crippen molar-refractivity contribution >= 4 is 0 Å². The van der Waals surface area contributed by atoms with Gasteiger partial charge in [-0.3, -0.25) is 0 Å². The highest BCUT2D eigenvalue weighted by Gasteiger charge is 2.32. The Morgan fingerprint density at radius 1 is 1.40 bits per heavy atom. The first-order valence-electron chi connectivity index (χ1n) is 7.15. The molecule has 1 atom stereocenters. The van der Waals surface area contributed by atoms with Crippen LogP contribution < -0.4 is 10.1 Å². The molecule has 112 valence electrons. The topological polar surface area (TPSA) is 50.7 Å². The summed E-state index contributed by atoms with van der Waals surface area (Å²) in [5, 5.41) is 13.2. The van der Waals surface area contributed by atoms with E-state index in [2.05, 4.69) is 18.3 Å². The lowest BCUT2D eigenvalue weighted by Crippen LogP contribution is -2.48. The van der Waals surface area contributed by atoms with Gasteiger partial charge in [-0.05, 0) is 31.0 Å². The van der Waals surface area contributed by atoms with Crippen molar-refractivity contribution in [3.63, 3.8) is 0 Å². The van der Waals surface area contributed by atoms with Crippen molar-refractivity contribution in [3.8, 4) is 5.75 Å². The van der Waals surface area contributed by atoms with Crippen LogP contribution in [0.3, 0.4) is 0 Å². The summed E-state index contributed by atoms with van der Waals surface area (Å²) in [6, 6.07) is 6.09. The van der Waals surface area contributed by atoms with Crippen LogP contribution in [0.2, 0.25) is 0 Å². The van der Waals surface area contributed by atoms with Crippen molar-refractivity contribution in [2.75, 3.05) is 32.9 Å². The maximum atomic E-state index is 9.94. The first-order chi connectivity index (χ1) is 9.48. The van der Waals surface area contributed by atoms with Crippen molar-refractivity contribution in [2.45, 2.75) is 26.9 Å². The summed E-state index contributed by atoms with van der Waals surface area (Å²) < 4.78 is 10.9. The Balaban J connectivity index is 1.69. The van der Waals surface area contributed by atoms with Gasteiger partial charge in [0.05, 0.1) is 13.2 Å². The molecule has 0 bridgehead atoms. The number of rotatable bonds is 7. The molecule has 20 heavy (non-hydrogen) atoms. The standard InChI is InChI=1S/C16H25NO3/c1-12-4-5-13(2)15(6-12)20-8-14(18)7-17-9-16(3)10-19-11-16/h4-6,14,17-18H,7-11H2,1-3H3. The highest BCUT2D eigenvalue weighted by molar-refractivity contribution is 5.35. The quantitative estimate of drug-likeness (QED) is 0.797. The molecule has 0 aliphatic carbocycles. The molecule has 0 radical (unpaired) electrons. The molecule has 1 aromatic rings. The molecule has 0 spiro atoms. The predicted octanol–water partition coefficient (Wildman–Crippen LogP) is 1.67. The molecule has 0 saturated carbocycles. The van der Waals surface area contributed by atoms with E-state index in [0.717, 1.165) is 36.6 Å². The molecule has 1 unspecified atom stereocenters. The van der Waals surface area contributed by atoms with E-state index < -0.39 is 6.10 Å². The van der Waals surface area contributed by atoms with E-state index in [9.17, 15) is 5.11 Å². The minimum absolute atomic E-state index is 0.230. The van der Waals surface area contributed by atoms with Crippen LogP contribution in [0.1, 0.15) is 18.1 Å².